The highest BCUT2D eigenvalue weighted by Crippen LogP contribution is 2.32. The van der Waals surface area contributed by atoms with Crippen molar-refractivity contribution in [1.29, 1.82) is 0 Å². The number of carbonyl (C=O) groups excluding carboxylic acids is 1. The molecule has 1 unspecified atom stereocenters. The van der Waals surface area contributed by atoms with Crippen molar-refractivity contribution in [3.05, 3.63) is 53.3 Å². The molecule has 1 aliphatic heterocycles. The van der Waals surface area contributed by atoms with Crippen molar-refractivity contribution < 1.29 is 23.1 Å². The predicted molar refractivity (Wildman–Crippen MR) is 96.6 cm³/mol. The Morgan fingerprint density at radius 1 is 1.18 bits per heavy atom. The van der Waals surface area contributed by atoms with E-state index in [1.165, 1.54) is 4.90 Å². The van der Waals surface area contributed by atoms with E-state index < -0.39 is 29.4 Å². The summed E-state index contributed by atoms with van der Waals surface area (Å²) in [6.45, 7) is 3.57. The molecule has 0 aliphatic carbocycles. The first kappa shape index (κ1) is 20.3. The lowest BCUT2D eigenvalue weighted by Gasteiger charge is -2.35. The number of alkyl halides is 3. The molecular weight excluding hydrogens is 373 g/mol. The monoisotopic (exact) mass is 396 g/mol. The topological polar surface area (TPSA) is 61.6 Å². The van der Waals surface area contributed by atoms with Crippen LogP contribution in [0.4, 0.5) is 13.2 Å². The van der Waals surface area contributed by atoms with Gasteiger partial charge in [-0.3, -0.25) is 14.4 Å². The van der Waals surface area contributed by atoms with E-state index in [0.29, 0.717) is 32.7 Å². The van der Waals surface area contributed by atoms with Crippen molar-refractivity contribution in [1.82, 2.24) is 19.6 Å². The van der Waals surface area contributed by atoms with Crippen molar-refractivity contribution in [3.63, 3.8) is 0 Å². The van der Waals surface area contributed by atoms with Crippen molar-refractivity contribution in [2.24, 2.45) is 0 Å². The molecule has 1 aromatic heterocycles. The Balaban J connectivity index is 1.62. The summed E-state index contributed by atoms with van der Waals surface area (Å²) < 4.78 is 40.9. The van der Waals surface area contributed by atoms with E-state index in [1.54, 1.807) is 6.92 Å². The van der Waals surface area contributed by atoms with Gasteiger partial charge in [0.25, 0.3) is 5.91 Å². The molecule has 1 atom stereocenters. The van der Waals surface area contributed by atoms with Crippen LogP contribution >= 0.6 is 0 Å². The number of hydrogen-bond donors (Lipinski definition) is 1. The number of piperazine rings is 1. The van der Waals surface area contributed by atoms with Crippen LogP contribution in [0.15, 0.2) is 36.5 Å². The minimum absolute atomic E-state index is 0.0350. The molecule has 1 amide bonds. The van der Waals surface area contributed by atoms with E-state index in [4.69, 9.17) is 0 Å². The lowest BCUT2D eigenvalue weighted by atomic mass is 10.1. The number of β-amino-alcohol motifs (C(OH)–C–C–N with tert-alkyl or cyclic N) is 1. The molecule has 152 valence electrons. The molecule has 2 aromatic rings. The largest absolute Gasteiger partial charge is 0.433 e. The Hall–Kier alpha value is -2.39. The number of benzene rings is 1. The van der Waals surface area contributed by atoms with Crippen LogP contribution in [0.25, 0.3) is 0 Å². The minimum atomic E-state index is -4.64. The van der Waals surface area contributed by atoms with E-state index in [0.717, 1.165) is 16.4 Å². The first-order chi connectivity index (χ1) is 13.3. The standard InChI is InChI=1S/C19H23F3N4O2/c1-2-26-17(19(20,21)22)15(12-23-26)18(28)25-10-8-24(9-11-25)13-16(27)14-6-4-3-5-7-14/h3-7,12,16,27H,2,8-11,13H2,1H3. The zero-order valence-electron chi connectivity index (χ0n) is 15.6. The van der Waals surface area contributed by atoms with E-state index in [9.17, 15) is 23.1 Å². The summed E-state index contributed by atoms with van der Waals surface area (Å²) in [5.41, 5.74) is -0.600. The summed E-state index contributed by atoms with van der Waals surface area (Å²) in [5.74, 6) is -0.657. The van der Waals surface area contributed by atoms with Gasteiger partial charge < -0.3 is 10.0 Å². The van der Waals surface area contributed by atoms with Gasteiger partial charge in [-0.2, -0.15) is 18.3 Å². The highest BCUT2D eigenvalue weighted by Gasteiger charge is 2.41. The Morgan fingerprint density at radius 3 is 2.39 bits per heavy atom. The number of aliphatic hydroxyl groups is 1. The molecule has 2 heterocycles. The van der Waals surface area contributed by atoms with Crippen LogP contribution in [0.2, 0.25) is 0 Å². The second kappa shape index (κ2) is 8.32. The van der Waals surface area contributed by atoms with Gasteiger partial charge in [0.1, 0.15) is 0 Å². The number of aliphatic hydroxyl groups excluding tert-OH is 1. The van der Waals surface area contributed by atoms with Gasteiger partial charge in [0.2, 0.25) is 0 Å². The van der Waals surface area contributed by atoms with Crippen LogP contribution in [-0.2, 0) is 12.7 Å². The molecule has 1 aliphatic rings. The predicted octanol–water partition coefficient (Wildman–Crippen LogP) is 2.41. The summed E-state index contributed by atoms with van der Waals surface area (Å²) in [4.78, 5) is 16.1. The average Bonchev–Trinajstić information content (AvgIpc) is 3.13. The zero-order valence-corrected chi connectivity index (χ0v) is 15.6. The van der Waals surface area contributed by atoms with Crippen LogP contribution in [-0.4, -0.2) is 63.3 Å². The normalized spacial score (nSPS) is 17.0. The summed E-state index contributed by atoms with van der Waals surface area (Å²) in [6, 6.07) is 9.26. The van der Waals surface area contributed by atoms with Gasteiger partial charge in [-0.1, -0.05) is 30.3 Å². The van der Waals surface area contributed by atoms with Crippen LogP contribution in [0.3, 0.4) is 0 Å². The first-order valence-electron chi connectivity index (χ1n) is 9.19. The van der Waals surface area contributed by atoms with Gasteiger partial charge >= 0.3 is 6.18 Å². The van der Waals surface area contributed by atoms with E-state index in [2.05, 4.69) is 5.10 Å². The van der Waals surface area contributed by atoms with Gasteiger partial charge in [-0.25, -0.2) is 0 Å². The number of aromatic nitrogens is 2. The number of nitrogens with zero attached hydrogens (tertiary/aromatic N) is 4. The highest BCUT2D eigenvalue weighted by atomic mass is 19.4. The van der Waals surface area contributed by atoms with Crippen LogP contribution in [0, 0.1) is 0 Å². The van der Waals surface area contributed by atoms with E-state index in [-0.39, 0.29) is 6.54 Å². The van der Waals surface area contributed by atoms with E-state index in [1.807, 2.05) is 35.2 Å². The smallest absolute Gasteiger partial charge is 0.387 e. The van der Waals surface area contributed by atoms with Crippen molar-refractivity contribution >= 4 is 5.91 Å². The fourth-order valence-corrected chi connectivity index (χ4v) is 3.41. The van der Waals surface area contributed by atoms with Gasteiger partial charge in [-0.15, -0.1) is 0 Å². The van der Waals surface area contributed by atoms with Crippen LogP contribution < -0.4 is 0 Å². The second-order valence-corrected chi connectivity index (χ2v) is 6.74. The number of amides is 1. The van der Waals surface area contributed by atoms with Crippen molar-refractivity contribution in [3.8, 4) is 0 Å². The molecule has 1 N–H and O–H groups in total. The maximum atomic E-state index is 13.4. The van der Waals surface area contributed by atoms with Crippen LogP contribution in [0.5, 0.6) is 0 Å². The summed E-state index contributed by atoms with van der Waals surface area (Å²) in [6.07, 6.45) is -4.29. The molecule has 6 nitrogen and oxygen atoms in total. The quantitative estimate of drug-likeness (QED) is 0.843. The lowest BCUT2D eigenvalue weighted by molar-refractivity contribution is -0.144. The number of carbonyl (C=O) groups is 1. The first-order valence-corrected chi connectivity index (χ1v) is 9.19. The minimum Gasteiger partial charge on any atom is -0.387 e. The van der Waals surface area contributed by atoms with Gasteiger partial charge in [-0.05, 0) is 12.5 Å². The Labute approximate surface area is 161 Å². The highest BCUT2D eigenvalue weighted by molar-refractivity contribution is 5.95. The fraction of sp³-hybridized carbons (Fsp3) is 0.474. The van der Waals surface area contributed by atoms with Crippen molar-refractivity contribution in [2.45, 2.75) is 25.7 Å². The Morgan fingerprint density at radius 2 is 1.82 bits per heavy atom. The third-order valence-electron chi connectivity index (χ3n) is 4.91. The third kappa shape index (κ3) is 4.36. The summed E-state index contributed by atoms with van der Waals surface area (Å²) in [5, 5.41) is 14.0. The Kier molecular flexibility index (Phi) is 6.04. The molecule has 0 saturated carbocycles. The van der Waals surface area contributed by atoms with Crippen molar-refractivity contribution in [2.75, 3.05) is 32.7 Å². The maximum Gasteiger partial charge on any atom is 0.433 e. The third-order valence-corrected chi connectivity index (χ3v) is 4.91. The molecule has 1 aromatic carbocycles. The van der Waals surface area contributed by atoms with E-state index >= 15 is 0 Å². The second-order valence-electron chi connectivity index (χ2n) is 6.74. The molecule has 0 bridgehead atoms. The molecule has 0 spiro atoms. The Bertz CT molecular complexity index is 799. The number of aryl methyl sites for hydroxylation is 1. The zero-order chi connectivity index (χ0) is 20.3. The number of hydrogen-bond acceptors (Lipinski definition) is 4. The summed E-state index contributed by atoms with van der Waals surface area (Å²) in [7, 11) is 0. The molecule has 1 fully saturated rings. The molecule has 1 saturated heterocycles. The SMILES string of the molecule is CCn1ncc(C(=O)N2CCN(CC(O)c3ccccc3)CC2)c1C(F)(F)F. The van der Waals surface area contributed by atoms with Gasteiger partial charge in [0, 0.05) is 39.3 Å². The molecule has 0 radical (unpaired) electrons. The molecular formula is C19H23F3N4O2. The average molecular weight is 396 g/mol. The number of halogens is 3. The molecule has 28 heavy (non-hydrogen) atoms. The molecule has 9 heteroatoms. The fourth-order valence-electron chi connectivity index (χ4n) is 3.41. The lowest BCUT2D eigenvalue weighted by Crippen LogP contribution is -2.49. The maximum absolute atomic E-state index is 13.4. The van der Waals surface area contributed by atoms with Crippen LogP contribution in [0.1, 0.15) is 34.6 Å². The number of rotatable bonds is 5. The van der Waals surface area contributed by atoms with Gasteiger partial charge in [0.15, 0.2) is 5.69 Å². The van der Waals surface area contributed by atoms with Gasteiger partial charge in [0.05, 0.1) is 17.9 Å². The molecule has 3 rings (SSSR count). The summed E-state index contributed by atoms with van der Waals surface area (Å²) >= 11 is 0.